The average molecular weight is 455 g/mol. The van der Waals surface area contributed by atoms with Crippen LogP contribution in [0.2, 0.25) is 0 Å². The zero-order valence-electron chi connectivity index (χ0n) is 19.1. The molecule has 0 aromatic rings. The van der Waals surface area contributed by atoms with E-state index in [9.17, 15) is 0 Å². The van der Waals surface area contributed by atoms with Gasteiger partial charge in [-0.1, -0.05) is 0 Å². The summed E-state index contributed by atoms with van der Waals surface area (Å²) in [4.78, 5) is 44.7. The predicted molar refractivity (Wildman–Crippen MR) is 108 cm³/mol. The first-order valence-corrected chi connectivity index (χ1v) is 7.10. The van der Waals surface area contributed by atoms with Crippen LogP contribution >= 0.6 is 0 Å². The van der Waals surface area contributed by atoms with Crippen molar-refractivity contribution in [2.24, 2.45) is 11.5 Å². The van der Waals surface area contributed by atoms with Gasteiger partial charge in [0, 0.05) is 57.9 Å². The predicted octanol–water partition coefficient (Wildman–Crippen LogP) is -3.93. The third kappa shape index (κ3) is 11800. The second-order valence-corrected chi connectivity index (χ2v) is 3.84. The Morgan fingerprint density at radius 1 is 0.633 bits per heavy atom. The van der Waals surface area contributed by atoms with Crippen molar-refractivity contribution in [1.29, 1.82) is 0 Å². The molecular formula is C14H42N6O10. The fourth-order valence-electron chi connectivity index (χ4n) is 0.329. The SMILES string of the molecule is CC(=O)O.CC(=O)O.CC(=O)[O-].CC(=O)[O-].CC(=O)[O-].NCCNCCN.[NH4+].[NH4+].[NH4+]. The van der Waals surface area contributed by atoms with E-state index in [1.165, 1.54) is 0 Å². The molecule has 0 fully saturated rings. The van der Waals surface area contributed by atoms with E-state index in [-0.39, 0.29) is 18.5 Å². The molecule has 0 aromatic heterocycles. The molecule has 0 unspecified atom stereocenters. The van der Waals surface area contributed by atoms with E-state index >= 15 is 0 Å². The highest BCUT2D eigenvalue weighted by atomic mass is 16.4. The molecule has 30 heavy (non-hydrogen) atoms. The number of aliphatic carboxylic acids is 5. The lowest BCUT2D eigenvalue weighted by Gasteiger charge is -1.95. The molecule has 0 amide bonds. The van der Waals surface area contributed by atoms with Gasteiger partial charge >= 0.3 is 0 Å². The Balaban J connectivity index is -0.0000000251. The average Bonchev–Trinajstić information content (AvgIpc) is 2.35. The molecule has 0 aromatic carbocycles. The maximum atomic E-state index is 9.00. The van der Waals surface area contributed by atoms with Crippen LogP contribution in [-0.2, 0) is 24.0 Å². The van der Waals surface area contributed by atoms with Crippen LogP contribution in [0.5, 0.6) is 0 Å². The lowest BCUT2D eigenvalue weighted by Crippen LogP contribution is -2.27. The van der Waals surface area contributed by atoms with Gasteiger partial charge in [-0.05, 0) is 20.8 Å². The van der Waals surface area contributed by atoms with Crippen molar-refractivity contribution in [1.82, 2.24) is 23.8 Å². The van der Waals surface area contributed by atoms with Gasteiger partial charge in [-0.2, -0.15) is 0 Å². The number of nitrogens with two attached hydrogens (primary N) is 2. The molecule has 0 radical (unpaired) electrons. The molecule has 0 rings (SSSR count). The molecule has 0 aliphatic carbocycles. The standard InChI is InChI=1S/C4H13N3.5C2H4O2.3H3N/c5-1-3-7-4-2-6;5*1-2(3)4;;;/h7H,1-6H2;5*1H3,(H,3,4);3*1H3. The van der Waals surface area contributed by atoms with Crippen LogP contribution in [0.25, 0.3) is 0 Å². The number of carbonyl (C=O) groups excluding carboxylic acids is 3. The maximum Gasteiger partial charge on any atom is 0.300 e. The minimum atomic E-state index is -1.08. The van der Waals surface area contributed by atoms with E-state index < -0.39 is 29.8 Å². The van der Waals surface area contributed by atoms with Gasteiger partial charge < -0.3 is 75.2 Å². The highest BCUT2D eigenvalue weighted by Crippen LogP contribution is 1.49. The number of hydrogen-bond donors (Lipinski definition) is 8. The summed E-state index contributed by atoms with van der Waals surface area (Å²) in [6.07, 6.45) is 0. The van der Waals surface area contributed by atoms with Gasteiger partial charge in [-0.3, -0.25) is 9.59 Å². The number of hydrogen-bond acceptors (Lipinski definition) is 11. The third-order valence-corrected chi connectivity index (χ3v) is 0.642. The van der Waals surface area contributed by atoms with E-state index in [1.807, 2.05) is 0 Å². The molecule has 0 spiro atoms. The quantitative estimate of drug-likeness (QED) is 0.188. The second-order valence-electron chi connectivity index (χ2n) is 3.84. The van der Waals surface area contributed by atoms with Gasteiger partial charge in [0.15, 0.2) is 0 Å². The number of quaternary nitrogens is 3. The number of carboxylic acid groups (broad SMARTS) is 5. The van der Waals surface area contributed by atoms with Crippen molar-refractivity contribution in [2.75, 3.05) is 26.2 Å². The fraction of sp³-hybridized carbons (Fsp3) is 0.643. The Kier molecular flexibility index (Phi) is 106. The number of nitrogens with one attached hydrogen (secondary N) is 1. The van der Waals surface area contributed by atoms with E-state index in [0.29, 0.717) is 13.1 Å². The van der Waals surface area contributed by atoms with Gasteiger partial charge in [0.25, 0.3) is 11.9 Å². The molecule has 19 N–H and O–H groups in total. The topological polar surface area (TPSA) is 369 Å². The minimum absolute atomic E-state index is 0. The Labute approximate surface area is 176 Å². The van der Waals surface area contributed by atoms with Crippen LogP contribution in [0.15, 0.2) is 0 Å². The summed E-state index contributed by atoms with van der Waals surface area (Å²) in [5, 5.41) is 44.5. The van der Waals surface area contributed by atoms with Crippen molar-refractivity contribution in [3.8, 4) is 0 Å². The number of rotatable bonds is 4. The van der Waals surface area contributed by atoms with Crippen LogP contribution in [0, 0.1) is 0 Å². The number of carbonyl (C=O) groups is 5. The second kappa shape index (κ2) is 56.2. The van der Waals surface area contributed by atoms with Gasteiger partial charge in [-0.15, -0.1) is 0 Å². The summed E-state index contributed by atoms with van der Waals surface area (Å²) in [5.74, 6) is -4.92. The van der Waals surface area contributed by atoms with Gasteiger partial charge in [0.2, 0.25) is 0 Å². The zero-order valence-corrected chi connectivity index (χ0v) is 19.1. The summed E-state index contributed by atoms with van der Waals surface area (Å²) in [6.45, 7) is 8.22. The Bertz CT molecular complexity index is 291. The van der Waals surface area contributed by atoms with Crippen LogP contribution in [0.4, 0.5) is 0 Å². The summed E-state index contributed by atoms with van der Waals surface area (Å²) in [6, 6.07) is 0. The summed E-state index contributed by atoms with van der Waals surface area (Å²) in [7, 11) is 0. The smallest absolute Gasteiger partial charge is 0.300 e. The van der Waals surface area contributed by atoms with Crippen LogP contribution < -0.4 is 50.6 Å². The van der Waals surface area contributed by atoms with Crippen LogP contribution in [-0.4, -0.2) is 66.2 Å². The first kappa shape index (κ1) is 56.4. The highest BCUT2D eigenvalue weighted by molar-refractivity contribution is 5.63. The normalized spacial score (nSPS) is 6.37. The Morgan fingerprint density at radius 3 is 0.800 bits per heavy atom. The molecule has 0 heterocycles. The van der Waals surface area contributed by atoms with Gasteiger partial charge in [0.05, 0.1) is 0 Å². The molecule has 188 valence electrons. The molecule has 0 saturated carbocycles. The van der Waals surface area contributed by atoms with Crippen LogP contribution in [0.1, 0.15) is 34.6 Å². The monoisotopic (exact) mass is 454 g/mol. The molecule has 0 aliphatic heterocycles. The lowest BCUT2D eigenvalue weighted by atomic mass is 10.6. The van der Waals surface area contributed by atoms with Gasteiger partial charge in [-0.25, -0.2) is 0 Å². The lowest BCUT2D eigenvalue weighted by molar-refractivity contribution is -0.303. The largest absolute Gasteiger partial charge is 0.550 e. The molecule has 0 atom stereocenters. The fourth-order valence-corrected chi connectivity index (χ4v) is 0.329. The molecule has 0 bridgehead atoms. The third-order valence-electron chi connectivity index (χ3n) is 0.642. The molecule has 0 aliphatic rings. The van der Waals surface area contributed by atoms with Crippen molar-refractivity contribution in [2.45, 2.75) is 34.6 Å². The molecule has 16 heteroatoms. The summed E-state index contributed by atoms with van der Waals surface area (Å²) >= 11 is 0. The summed E-state index contributed by atoms with van der Waals surface area (Å²) < 4.78 is 0. The molecule has 16 nitrogen and oxygen atoms in total. The van der Waals surface area contributed by atoms with E-state index in [2.05, 4.69) is 5.32 Å². The van der Waals surface area contributed by atoms with E-state index in [0.717, 1.165) is 47.7 Å². The van der Waals surface area contributed by atoms with Crippen molar-refractivity contribution < 1.29 is 49.5 Å². The molecule has 0 saturated heterocycles. The first-order chi connectivity index (χ1) is 12.1. The zero-order chi connectivity index (χ0) is 23.4. The van der Waals surface area contributed by atoms with Crippen LogP contribution in [0.3, 0.4) is 0 Å². The maximum absolute atomic E-state index is 9.00. The molecular weight excluding hydrogens is 412 g/mol. The minimum Gasteiger partial charge on any atom is -0.550 e. The van der Waals surface area contributed by atoms with Crippen molar-refractivity contribution in [3.63, 3.8) is 0 Å². The Morgan fingerprint density at radius 2 is 0.733 bits per heavy atom. The van der Waals surface area contributed by atoms with Gasteiger partial charge in [0.1, 0.15) is 0 Å². The highest BCUT2D eigenvalue weighted by Gasteiger charge is 1.76. The van der Waals surface area contributed by atoms with E-state index in [1.54, 1.807) is 0 Å². The number of carboxylic acids is 5. The van der Waals surface area contributed by atoms with Crippen molar-refractivity contribution in [3.05, 3.63) is 0 Å². The van der Waals surface area contributed by atoms with Crippen molar-refractivity contribution >= 4 is 29.8 Å². The summed E-state index contributed by atoms with van der Waals surface area (Å²) in [5.41, 5.74) is 10.3. The first-order valence-electron chi connectivity index (χ1n) is 7.10. The Hall–Kier alpha value is -2.89. The van der Waals surface area contributed by atoms with E-state index in [4.69, 9.17) is 61.0 Å².